The molecule has 1 N–H and O–H groups in total. The summed E-state index contributed by atoms with van der Waals surface area (Å²) in [5, 5.41) is 2.78. The Bertz CT molecular complexity index is 351. The van der Waals surface area contributed by atoms with Crippen molar-refractivity contribution in [1.29, 1.82) is 0 Å². The Morgan fingerprint density at radius 2 is 1.80 bits per heavy atom. The second-order valence-electron chi connectivity index (χ2n) is 3.72. The number of hydrogen-bond donors (Lipinski definition) is 1. The fourth-order valence-electron chi connectivity index (χ4n) is 1.79. The van der Waals surface area contributed by atoms with Crippen LogP contribution >= 0.6 is 11.6 Å². The van der Waals surface area contributed by atoms with Gasteiger partial charge in [-0.3, -0.25) is 4.79 Å². The van der Waals surface area contributed by atoms with Crippen molar-refractivity contribution in [3.05, 3.63) is 34.4 Å². The normalized spacial score (nSPS) is 10.1. The van der Waals surface area contributed by atoms with E-state index >= 15 is 0 Å². The van der Waals surface area contributed by atoms with Crippen LogP contribution in [0.3, 0.4) is 0 Å². The zero-order valence-electron chi connectivity index (χ0n) is 9.36. The SMILES string of the molecule is Cc1cc(C)c(C(=O)NCCCl)c(C)c1. The number of alkyl halides is 1. The molecule has 3 heteroatoms. The predicted octanol–water partition coefficient (Wildman–Crippen LogP) is 2.58. The molecule has 0 saturated heterocycles. The first-order valence-electron chi connectivity index (χ1n) is 4.98. The van der Waals surface area contributed by atoms with Crippen LogP contribution in [-0.2, 0) is 0 Å². The molecule has 0 heterocycles. The number of aryl methyl sites for hydroxylation is 3. The van der Waals surface area contributed by atoms with Crippen molar-refractivity contribution in [2.75, 3.05) is 12.4 Å². The maximum atomic E-state index is 11.8. The Hall–Kier alpha value is -1.02. The smallest absolute Gasteiger partial charge is 0.251 e. The lowest BCUT2D eigenvalue weighted by Gasteiger charge is -2.10. The first-order valence-corrected chi connectivity index (χ1v) is 5.51. The lowest BCUT2D eigenvalue weighted by molar-refractivity contribution is 0.0955. The van der Waals surface area contributed by atoms with Crippen molar-refractivity contribution in [2.24, 2.45) is 0 Å². The van der Waals surface area contributed by atoms with E-state index in [2.05, 4.69) is 5.32 Å². The molecule has 1 aromatic carbocycles. The van der Waals surface area contributed by atoms with E-state index < -0.39 is 0 Å². The van der Waals surface area contributed by atoms with Crippen molar-refractivity contribution in [2.45, 2.75) is 20.8 Å². The van der Waals surface area contributed by atoms with Gasteiger partial charge in [0.2, 0.25) is 0 Å². The van der Waals surface area contributed by atoms with Crippen molar-refractivity contribution >= 4 is 17.5 Å². The standard InChI is InChI=1S/C12H16ClNO/c1-8-6-9(2)11(10(3)7-8)12(15)14-5-4-13/h6-7H,4-5H2,1-3H3,(H,14,15). The second kappa shape index (κ2) is 5.17. The Balaban J connectivity index is 2.98. The molecule has 1 amide bonds. The van der Waals surface area contributed by atoms with Gasteiger partial charge >= 0.3 is 0 Å². The molecule has 0 radical (unpaired) electrons. The maximum absolute atomic E-state index is 11.8. The number of hydrogen-bond acceptors (Lipinski definition) is 1. The van der Waals surface area contributed by atoms with Gasteiger partial charge in [-0.25, -0.2) is 0 Å². The highest BCUT2D eigenvalue weighted by molar-refractivity contribution is 6.18. The molecule has 0 aliphatic rings. The monoisotopic (exact) mass is 225 g/mol. The van der Waals surface area contributed by atoms with Crippen LogP contribution in [0.15, 0.2) is 12.1 Å². The van der Waals surface area contributed by atoms with Gasteiger partial charge in [-0.15, -0.1) is 11.6 Å². The van der Waals surface area contributed by atoms with Gasteiger partial charge in [0.05, 0.1) is 0 Å². The third-order valence-electron chi connectivity index (χ3n) is 2.28. The van der Waals surface area contributed by atoms with Crippen LogP contribution in [0.2, 0.25) is 0 Å². The van der Waals surface area contributed by atoms with E-state index in [1.807, 2.05) is 32.9 Å². The quantitative estimate of drug-likeness (QED) is 0.788. The van der Waals surface area contributed by atoms with E-state index in [1.165, 1.54) is 5.56 Å². The highest BCUT2D eigenvalue weighted by Crippen LogP contribution is 2.15. The van der Waals surface area contributed by atoms with E-state index in [9.17, 15) is 4.79 Å². The van der Waals surface area contributed by atoms with Crippen LogP contribution in [0, 0.1) is 20.8 Å². The molecule has 2 nitrogen and oxygen atoms in total. The van der Waals surface area contributed by atoms with Gasteiger partial charge in [0, 0.05) is 18.0 Å². The molecule has 1 aromatic rings. The van der Waals surface area contributed by atoms with Gasteiger partial charge in [0.25, 0.3) is 5.91 Å². The number of nitrogens with one attached hydrogen (secondary N) is 1. The highest BCUT2D eigenvalue weighted by Gasteiger charge is 2.11. The minimum absolute atomic E-state index is 0.0364. The fourth-order valence-corrected chi connectivity index (χ4v) is 1.88. The van der Waals surface area contributed by atoms with Crippen LogP contribution in [0.25, 0.3) is 0 Å². The summed E-state index contributed by atoms with van der Waals surface area (Å²) in [6.45, 7) is 6.44. The van der Waals surface area contributed by atoms with Crippen molar-refractivity contribution in [1.82, 2.24) is 5.32 Å². The van der Waals surface area contributed by atoms with Crippen LogP contribution in [0.5, 0.6) is 0 Å². The largest absolute Gasteiger partial charge is 0.351 e. The molecule has 0 aliphatic heterocycles. The molecule has 0 aromatic heterocycles. The molecular formula is C12H16ClNO. The Morgan fingerprint density at radius 3 is 2.27 bits per heavy atom. The van der Waals surface area contributed by atoms with Crippen molar-refractivity contribution < 1.29 is 4.79 Å². The fraction of sp³-hybridized carbons (Fsp3) is 0.417. The number of carbonyl (C=O) groups is 1. The minimum atomic E-state index is -0.0364. The molecule has 15 heavy (non-hydrogen) atoms. The second-order valence-corrected chi connectivity index (χ2v) is 4.10. The van der Waals surface area contributed by atoms with Gasteiger partial charge in [-0.1, -0.05) is 17.7 Å². The van der Waals surface area contributed by atoms with E-state index in [1.54, 1.807) is 0 Å². The summed E-state index contributed by atoms with van der Waals surface area (Å²) in [5.41, 5.74) is 3.98. The number of carbonyl (C=O) groups excluding carboxylic acids is 1. The summed E-state index contributed by atoms with van der Waals surface area (Å²) >= 11 is 5.52. The highest BCUT2D eigenvalue weighted by atomic mass is 35.5. The number of halogens is 1. The predicted molar refractivity (Wildman–Crippen MR) is 63.7 cm³/mol. The lowest BCUT2D eigenvalue weighted by atomic mass is 9.99. The first kappa shape index (κ1) is 12.1. The Morgan fingerprint density at radius 1 is 1.27 bits per heavy atom. The Labute approximate surface area is 95.6 Å². The van der Waals surface area contributed by atoms with Crippen LogP contribution < -0.4 is 5.32 Å². The minimum Gasteiger partial charge on any atom is -0.351 e. The van der Waals surface area contributed by atoms with E-state index in [0.717, 1.165) is 16.7 Å². The molecule has 0 saturated carbocycles. The van der Waals surface area contributed by atoms with Gasteiger partial charge < -0.3 is 5.32 Å². The average molecular weight is 226 g/mol. The van der Waals surface area contributed by atoms with Crippen molar-refractivity contribution in [3.63, 3.8) is 0 Å². The summed E-state index contributed by atoms with van der Waals surface area (Å²) < 4.78 is 0. The van der Waals surface area contributed by atoms with Gasteiger partial charge in [0.15, 0.2) is 0 Å². The Kier molecular flexibility index (Phi) is 4.15. The molecule has 0 fully saturated rings. The summed E-state index contributed by atoms with van der Waals surface area (Å²) in [6, 6.07) is 4.03. The number of benzene rings is 1. The van der Waals surface area contributed by atoms with Crippen LogP contribution in [0.1, 0.15) is 27.0 Å². The molecule has 0 unspecified atom stereocenters. The lowest BCUT2D eigenvalue weighted by Crippen LogP contribution is -2.26. The maximum Gasteiger partial charge on any atom is 0.251 e. The molecule has 0 spiro atoms. The molecule has 0 aliphatic carbocycles. The molecule has 0 bridgehead atoms. The van der Waals surface area contributed by atoms with Gasteiger partial charge in [0.1, 0.15) is 0 Å². The number of rotatable bonds is 3. The third-order valence-corrected chi connectivity index (χ3v) is 2.47. The summed E-state index contributed by atoms with van der Waals surface area (Å²) in [6.07, 6.45) is 0. The topological polar surface area (TPSA) is 29.1 Å². The van der Waals surface area contributed by atoms with Gasteiger partial charge in [-0.05, 0) is 31.9 Å². The van der Waals surface area contributed by atoms with E-state index in [0.29, 0.717) is 12.4 Å². The van der Waals surface area contributed by atoms with Crippen molar-refractivity contribution in [3.8, 4) is 0 Å². The summed E-state index contributed by atoms with van der Waals surface area (Å²) in [4.78, 5) is 11.8. The third kappa shape index (κ3) is 2.96. The molecular weight excluding hydrogens is 210 g/mol. The average Bonchev–Trinajstić information content (AvgIpc) is 2.12. The summed E-state index contributed by atoms with van der Waals surface area (Å²) in [5.74, 6) is 0.404. The summed E-state index contributed by atoms with van der Waals surface area (Å²) in [7, 11) is 0. The zero-order chi connectivity index (χ0) is 11.4. The van der Waals surface area contributed by atoms with E-state index in [4.69, 9.17) is 11.6 Å². The van der Waals surface area contributed by atoms with E-state index in [-0.39, 0.29) is 5.91 Å². The molecule has 1 rings (SSSR count). The zero-order valence-corrected chi connectivity index (χ0v) is 10.1. The molecule has 82 valence electrons. The molecule has 0 atom stereocenters. The van der Waals surface area contributed by atoms with Gasteiger partial charge in [-0.2, -0.15) is 0 Å². The first-order chi connectivity index (χ1) is 7.06. The van der Waals surface area contributed by atoms with Crippen LogP contribution in [-0.4, -0.2) is 18.3 Å². The van der Waals surface area contributed by atoms with Crippen LogP contribution in [0.4, 0.5) is 0 Å². The number of amides is 1.